The monoisotopic (exact) mass is 298 g/mol. The number of hydrogen-bond donors (Lipinski definition) is 1. The largest absolute Gasteiger partial charge is 0.485 e. The summed E-state index contributed by atoms with van der Waals surface area (Å²) >= 11 is 0. The first-order valence-electron chi connectivity index (χ1n) is 7.31. The molecule has 0 bridgehead atoms. The first kappa shape index (κ1) is 16.0. The number of hydrogen-bond acceptors (Lipinski definition) is 3. The van der Waals surface area contributed by atoms with Crippen molar-refractivity contribution in [3.63, 3.8) is 0 Å². The minimum absolute atomic E-state index is 0.0908. The summed E-state index contributed by atoms with van der Waals surface area (Å²) < 4.78 is 5.84. The van der Waals surface area contributed by atoms with Crippen LogP contribution in [0.4, 0.5) is 5.82 Å². The lowest BCUT2D eigenvalue weighted by Crippen LogP contribution is -2.28. The minimum atomic E-state index is -0.481. The molecule has 0 radical (unpaired) electrons. The molecule has 4 heteroatoms. The summed E-state index contributed by atoms with van der Waals surface area (Å²) in [5, 5.41) is 2.83. The molecule has 1 aromatic heterocycles. The number of rotatable bonds is 4. The highest BCUT2D eigenvalue weighted by Crippen LogP contribution is 2.25. The van der Waals surface area contributed by atoms with E-state index in [9.17, 15) is 4.79 Å². The van der Waals surface area contributed by atoms with Crippen LogP contribution in [0.3, 0.4) is 0 Å². The molecule has 0 unspecified atom stereocenters. The van der Waals surface area contributed by atoms with Crippen molar-refractivity contribution in [2.75, 3.05) is 5.32 Å². The summed E-state index contributed by atoms with van der Waals surface area (Å²) in [6, 6.07) is 11.7. The van der Waals surface area contributed by atoms with Crippen LogP contribution in [-0.2, 0) is 11.4 Å². The topological polar surface area (TPSA) is 51.2 Å². The number of ether oxygens (including phenoxy) is 1. The molecule has 2 aromatic rings. The SMILES string of the molecule is Cc1ccccc1COc1cccnc1NC(=O)C(C)(C)C. The summed E-state index contributed by atoms with van der Waals surface area (Å²) in [6.07, 6.45) is 1.64. The molecule has 0 aliphatic rings. The highest BCUT2D eigenvalue weighted by atomic mass is 16.5. The van der Waals surface area contributed by atoms with Gasteiger partial charge in [0.05, 0.1) is 0 Å². The van der Waals surface area contributed by atoms with Crippen molar-refractivity contribution in [3.05, 3.63) is 53.7 Å². The maximum absolute atomic E-state index is 12.1. The third kappa shape index (κ3) is 4.07. The van der Waals surface area contributed by atoms with E-state index in [0.29, 0.717) is 18.2 Å². The molecule has 0 spiro atoms. The van der Waals surface area contributed by atoms with Crippen LogP contribution in [0.2, 0.25) is 0 Å². The van der Waals surface area contributed by atoms with Crippen LogP contribution < -0.4 is 10.1 Å². The summed E-state index contributed by atoms with van der Waals surface area (Å²) in [5.74, 6) is 0.936. The first-order chi connectivity index (χ1) is 10.4. The van der Waals surface area contributed by atoms with Crippen LogP contribution in [0.25, 0.3) is 0 Å². The van der Waals surface area contributed by atoms with E-state index in [4.69, 9.17) is 4.74 Å². The van der Waals surface area contributed by atoms with Crippen molar-refractivity contribution in [1.82, 2.24) is 4.98 Å². The maximum Gasteiger partial charge on any atom is 0.231 e. The van der Waals surface area contributed by atoms with Gasteiger partial charge in [0.15, 0.2) is 11.6 Å². The Morgan fingerprint density at radius 2 is 1.91 bits per heavy atom. The average molecular weight is 298 g/mol. The van der Waals surface area contributed by atoms with Gasteiger partial charge in [-0.15, -0.1) is 0 Å². The zero-order valence-corrected chi connectivity index (χ0v) is 13.5. The van der Waals surface area contributed by atoms with Gasteiger partial charge in [0.25, 0.3) is 0 Å². The normalized spacial score (nSPS) is 11.1. The van der Waals surface area contributed by atoms with E-state index in [0.717, 1.165) is 5.56 Å². The second-order valence-corrected chi connectivity index (χ2v) is 6.27. The standard InChI is InChI=1S/C18H22N2O2/c1-13-8-5-6-9-14(13)12-22-15-10-7-11-19-16(15)20-17(21)18(2,3)4/h5-11H,12H2,1-4H3,(H,19,20,21). The molecule has 4 nitrogen and oxygen atoms in total. The predicted molar refractivity (Wildman–Crippen MR) is 87.8 cm³/mol. The molecule has 2 rings (SSSR count). The molecule has 0 atom stereocenters. The summed E-state index contributed by atoms with van der Waals surface area (Å²) in [5.41, 5.74) is 1.80. The van der Waals surface area contributed by atoms with Gasteiger partial charge in [-0.25, -0.2) is 4.98 Å². The first-order valence-corrected chi connectivity index (χ1v) is 7.31. The number of benzene rings is 1. The summed E-state index contributed by atoms with van der Waals surface area (Å²) in [7, 11) is 0. The highest BCUT2D eigenvalue weighted by molar-refractivity contribution is 5.94. The van der Waals surface area contributed by atoms with Gasteiger partial charge in [0.2, 0.25) is 5.91 Å². The van der Waals surface area contributed by atoms with Gasteiger partial charge in [-0.05, 0) is 30.2 Å². The number of pyridine rings is 1. The van der Waals surface area contributed by atoms with Crippen LogP contribution in [0.15, 0.2) is 42.6 Å². The second kappa shape index (κ2) is 6.60. The molecule has 0 aliphatic carbocycles. The molecule has 0 fully saturated rings. The minimum Gasteiger partial charge on any atom is -0.485 e. The number of carbonyl (C=O) groups excluding carboxylic acids is 1. The molecular weight excluding hydrogens is 276 g/mol. The fourth-order valence-electron chi connectivity index (χ4n) is 1.82. The van der Waals surface area contributed by atoms with E-state index in [-0.39, 0.29) is 5.91 Å². The summed E-state index contributed by atoms with van der Waals surface area (Å²) in [4.78, 5) is 16.3. The predicted octanol–water partition coefficient (Wildman–Crippen LogP) is 3.95. The Morgan fingerprint density at radius 1 is 1.18 bits per heavy atom. The summed E-state index contributed by atoms with van der Waals surface area (Å²) in [6.45, 7) is 8.07. The number of anilines is 1. The van der Waals surface area contributed by atoms with Gasteiger partial charge in [-0.3, -0.25) is 4.79 Å². The third-order valence-corrected chi connectivity index (χ3v) is 3.33. The molecule has 116 valence electrons. The van der Waals surface area contributed by atoms with Crippen LogP contribution in [0, 0.1) is 12.3 Å². The van der Waals surface area contributed by atoms with Crippen LogP contribution in [0.1, 0.15) is 31.9 Å². The number of aromatic nitrogens is 1. The number of amides is 1. The van der Waals surface area contributed by atoms with Gasteiger partial charge in [-0.1, -0.05) is 45.0 Å². The van der Waals surface area contributed by atoms with Crippen LogP contribution in [-0.4, -0.2) is 10.9 Å². The second-order valence-electron chi connectivity index (χ2n) is 6.27. The maximum atomic E-state index is 12.1. The lowest BCUT2D eigenvalue weighted by atomic mass is 9.96. The molecule has 22 heavy (non-hydrogen) atoms. The Kier molecular flexibility index (Phi) is 4.81. The van der Waals surface area contributed by atoms with E-state index >= 15 is 0 Å². The van der Waals surface area contributed by atoms with Crippen molar-refractivity contribution < 1.29 is 9.53 Å². The van der Waals surface area contributed by atoms with Gasteiger partial charge < -0.3 is 10.1 Å². The fourth-order valence-corrected chi connectivity index (χ4v) is 1.82. The zero-order valence-electron chi connectivity index (χ0n) is 13.5. The van der Waals surface area contributed by atoms with E-state index < -0.39 is 5.41 Å². The number of nitrogens with one attached hydrogen (secondary N) is 1. The van der Waals surface area contributed by atoms with Crippen molar-refractivity contribution in [1.29, 1.82) is 0 Å². The number of nitrogens with zero attached hydrogens (tertiary/aromatic N) is 1. The highest BCUT2D eigenvalue weighted by Gasteiger charge is 2.22. The van der Waals surface area contributed by atoms with E-state index in [1.54, 1.807) is 12.3 Å². The van der Waals surface area contributed by atoms with E-state index in [1.807, 2.05) is 58.0 Å². The Bertz CT molecular complexity index is 660. The lowest BCUT2D eigenvalue weighted by molar-refractivity contribution is -0.123. The number of aryl methyl sites for hydroxylation is 1. The molecule has 1 heterocycles. The third-order valence-electron chi connectivity index (χ3n) is 3.33. The Morgan fingerprint density at radius 3 is 2.59 bits per heavy atom. The van der Waals surface area contributed by atoms with Crippen molar-refractivity contribution in [3.8, 4) is 5.75 Å². The van der Waals surface area contributed by atoms with Gasteiger partial charge >= 0.3 is 0 Å². The number of carbonyl (C=O) groups is 1. The van der Waals surface area contributed by atoms with Crippen LogP contribution in [0.5, 0.6) is 5.75 Å². The molecule has 0 saturated heterocycles. The van der Waals surface area contributed by atoms with Gasteiger partial charge in [0.1, 0.15) is 6.61 Å². The fraction of sp³-hybridized carbons (Fsp3) is 0.333. The Labute approximate surface area is 131 Å². The van der Waals surface area contributed by atoms with Crippen molar-refractivity contribution in [2.24, 2.45) is 5.41 Å². The lowest BCUT2D eigenvalue weighted by Gasteiger charge is -2.18. The molecule has 1 amide bonds. The molecular formula is C18H22N2O2. The zero-order chi connectivity index (χ0) is 16.2. The van der Waals surface area contributed by atoms with E-state index in [1.165, 1.54) is 5.56 Å². The smallest absolute Gasteiger partial charge is 0.231 e. The van der Waals surface area contributed by atoms with E-state index in [2.05, 4.69) is 10.3 Å². The molecule has 1 N–H and O–H groups in total. The Balaban J connectivity index is 2.12. The average Bonchev–Trinajstić information content (AvgIpc) is 2.47. The molecule has 1 aromatic carbocycles. The van der Waals surface area contributed by atoms with Crippen LogP contribution >= 0.6 is 0 Å². The van der Waals surface area contributed by atoms with Gasteiger partial charge in [-0.2, -0.15) is 0 Å². The van der Waals surface area contributed by atoms with Crippen molar-refractivity contribution >= 4 is 11.7 Å². The molecule has 0 saturated carbocycles. The quantitative estimate of drug-likeness (QED) is 0.929. The molecule has 0 aliphatic heterocycles. The van der Waals surface area contributed by atoms with Crippen molar-refractivity contribution in [2.45, 2.75) is 34.3 Å². The Hall–Kier alpha value is -2.36. The van der Waals surface area contributed by atoms with Gasteiger partial charge in [0, 0.05) is 11.6 Å².